The second kappa shape index (κ2) is 3.32. The van der Waals surface area contributed by atoms with Gasteiger partial charge in [-0.2, -0.15) is 5.10 Å². The van der Waals surface area contributed by atoms with Gasteiger partial charge in [0.2, 0.25) is 0 Å². The van der Waals surface area contributed by atoms with Crippen LogP contribution in [0.2, 0.25) is 0 Å². The monoisotopic (exact) mass is 206 g/mol. The zero-order valence-electron chi connectivity index (χ0n) is 8.45. The number of hydrogen-bond donors (Lipinski definition) is 1. The molecule has 1 fully saturated rings. The molecule has 3 rings (SSSR count). The molecule has 3 heterocycles. The van der Waals surface area contributed by atoms with Crippen molar-refractivity contribution in [2.75, 3.05) is 13.1 Å². The Hall–Kier alpha value is -1.40. The minimum atomic E-state index is 0.304. The average Bonchev–Trinajstić information content (AvgIpc) is 2.84. The fourth-order valence-corrected chi connectivity index (χ4v) is 2.05. The summed E-state index contributed by atoms with van der Waals surface area (Å²) >= 11 is 0. The van der Waals surface area contributed by atoms with E-state index >= 15 is 0 Å². The van der Waals surface area contributed by atoms with Crippen LogP contribution in [0.3, 0.4) is 0 Å². The molecule has 80 valence electrons. The summed E-state index contributed by atoms with van der Waals surface area (Å²) in [5, 5.41) is 8.51. The molecule has 0 saturated carbocycles. The fourth-order valence-electron chi connectivity index (χ4n) is 2.05. The molecule has 0 aliphatic carbocycles. The number of nitrogens with zero attached hydrogens (tertiary/aromatic N) is 5. The van der Waals surface area contributed by atoms with Crippen molar-refractivity contribution in [2.24, 2.45) is 5.73 Å². The number of nitrogens with two attached hydrogens (primary N) is 1. The Labute approximate surface area is 87.9 Å². The minimum absolute atomic E-state index is 0.304. The molecule has 1 atom stereocenters. The van der Waals surface area contributed by atoms with Crippen molar-refractivity contribution in [2.45, 2.75) is 19.0 Å². The van der Waals surface area contributed by atoms with Crippen LogP contribution in [0, 0.1) is 0 Å². The molecular formula is C9H14N6. The predicted molar refractivity (Wildman–Crippen MR) is 55.1 cm³/mol. The SMILES string of the molecule is NC1CCN(N2C=Cn3ncnc3C2)C1. The minimum Gasteiger partial charge on any atom is -0.326 e. The summed E-state index contributed by atoms with van der Waals surface area (Å²) in [6.45, 7) is 2.74. The third kappa shape index (κ3) is 1.51. The number of rotatable bonds is 1. The lowest BCUT2D eigenvalue weighted by Gasteiger charge is -2.31. The van der Waals surface area contributed by atoms with Crippen molar-refractivity contribution in [1.29, 1.82) is 0 Å². The summed E-state index contributed by atoms with van der Waals surface area (Å²) in [5.74, 6) is 0.970. The Kier molecular flexibility index (Phi) is 1.96. The molecule has 6 heteroatoms. The van der Waals surface area contributed by atoms with Gasteiger partial charge in [0.1, 0.15) is 6.33 Å². The Morgan fingerprint density at radius 2 is 2.33 bits per heavy atom. The maximum Gasteiger partial charge on any atom is 0.152 e. The van der Waals surface area contributed by atoms with Gasteiger partial charge in [-0.3, -0.25) is 0 Å². The third-order valence-corrected chi connectivity index (χ3v) is 2.90. The van der Waals surface area contributed by atoms with Crippen LogP contribution in [-0.2, 0) is 6.54 Å². The van der Waals surface area contributed by atoms with Crippen molar-refractivity contribution in [3.05, 3.63) is 18.4 Å². The summed E-state index contributed by atoms with van der Waals surface area (Å²) in [5.41, 5.74) is 5.88. The van der Waals surface area contributed by atoms with Gasteiger partial charge in [0.15, 0.2) is 5.82 Å². The van der Waals surface area contributed by atoms with Crippen molar-refractivity contribution >= 4 is 6.20 Å². The molecule has 2 aliphatic heterocycles. The summed E-state index contributed by atoms with van der Waals surface area (Å²) in [6.07, 6.45) is 6.60. The maximum atomic E-state index is 5.88. The molecule has 1 aromatic heterocycles. The first kappa shape index (κ1) is 8.87. The van der Waals surface area contributed by atoms with Crippen LogP contribution in [0.4, 0.5) is 0 Å². The second-order valence-electron chi connectivity index (χ2n) is 3.98. The van der Waals surface area contributed by atoms with Crippen LogP contribution < -0.4 is 5.73 Å². The predicted octanol–water partition coefficient (Wildman–Crippen LogP) is -0.530. The number of fused-ring (bicyclic) bond motifs is 1. The second-order valence-corrected chi connectivity index (χ2v) is 3.98. The zero-order chi connectivity index (χ0) is 10.3. The molecule has 0 aromatic carbocycles. The highest BCUT2D eigenvalue weighted by molar-refractivity contribution is 5.23. The van der Waals surface area contributed by atoms with Gasteiger partial charge in [0.25, 0.3) is 0 Å². The van der Waals surface area contributed by atoms with Crippen LogP contribution in [0.25, 0.3) is 6.20 Å². The first-order valence-electron chi connectivity index (χ1n) is 5.17. The van der Waals surface area contributed by atoms with Gasteiger partial charge in [-0.25, -0.2) is 14.7 Å². The summed E-state index contributed by atoms with van der Waals surface area (Å²) in [6, 6.07) is 0.304. The van der Waals surface area contributed by atoms with Gasteiger partial charge in [-0.15, -0.1) is 0 Å². The van der Waals surface area contributed by atoms with Crippen LogP contribution in [-0.4, -0.2) is 43.9 Å². The standard InChI is InChI=1S/C9H14N6/c10-8-1-2-13(5-8)14-3-4-15-9(6-14)11-7-12-15/h3-4,7-8H,1-2,5-6,10H2. The van der Waals surface area contributed by atoms with Gasteiger partial charge in [0.05, 0.1) is 6.54 Å². The van der Waals surface area contributed by atoms with Crippen LogP contribution in [0.1, 0.15) is 12.2 Å². The Morgan fingerprint density at radius 3 is 3.13 bits per heavy atom. The highest BCUT2D eigenvalue weighted by Crippen LogP contribution is 2.16. The van der Waals surface area contributed by atoms with Crippen molar-refractivity contribution in [3.63, 3.8) is 0 Å². The van der Waals surface area contributed by atoms with E-state index < -0.39 is 0 Å². The van der Waals surface area contributed by atoms with Gasteiger partial charge < -0.3 is 10.7 Å². The number of aromatic nitrogens is 3. The third-order valence-electron chi connectivity index (χ3n) is 2.90. The largest absolute Gasteiger partial charge is 0.326 e. The zero-order valence-corrected chi connectivity index (χ0v) is 8.45. The van der Waals surface area contributed by atoms with E-state index in [2.05, 4.69) is 20.1 Å². The Bertz CT molecular complexity index is 384. The van der Waals surface area contributed by atoms with Crippen molar-refractivity contribution in [1.82, 2.24) is 24.8 Å². The van der Waals surface area contributed by atoms with Crippen molar-refractivity contribution in [3.8, 4) is 0 Å². The van der Waals surface area contributed by atoms with E-state index in [1.54, 1.807) is 11.0 Å². The van der Waals surface area contributed by atoms with Crippen LogP contribution >= 0.6 is 0 Å². The molecule has 0 amide bonds. The summed E-state index contributed by atoms with van der Waals surface area (Å²) < 4.78 is 1.80. The van der Waals surface area contributed by atoms with E-state index in [9.17, 15) is 0 Å². The van der Waals surface area contributed by atoms with Crippen LogP contribution in [0.5, 0.6) is 0 Å². The van der Waals surface area contributed by atoms with Crippen molar-refractivity contribution < 1.29 is 0 Å². The molecule has 15 heavy (non-hydrogen) atoms. The molecule has 1 unspecified atom stereocenters. The first-order valence-corrected chi connectivity index (χ1v) is 5.17. The van der Waals surface area contributed by atoms with Gasteiger partial charge >= 0.3 is 0 Å². The normalized spacial score (nSPS) is 25.9. The van der Waals surface area contributed by atoms with E-state index in [1.165, 1.54) is 0 Å². The van der Waals surface area contributed by atoms with Gasteiger partial charge in [-0.05, 0) is 6.42 Å². The molecule has 2 N–H and O–H groups in total. The molecule has 0 spiro atoms. The number of hydrazine groups is 1. The quantitative estimate of drug-likeness (QED) is 0.669. The Morgan fingerprint density at radius 1 is 1.40 bits per heavy atom. The lowest BCUT2D eigenvalue weighted by Crippen LogP contribution is -2.40. The number of hydrogen-bond acceptors (Lipinski definition) is 5. The Balaban J connectivity index is 1.76. The van der Waals surface area contributed by atoms with Crippen LogP contribution in [0.15, 0.2) is 12.5 Å². The lowest BCUT2D eigenvalue weighted by molar-refractivity contribution is 0.0340. The summed E-state index contributed by atoms with van der Waals surface area (Å²) in [4.78, 5) is 4.20. The molecule has 2 aliphatic rings. The van der Waals surface area contributed by atoms with E-state index in [0.29, 0.717) is 6.04 Å². The van der Waals surface area contributed by atoms with Gasteiger partial charge in [-0.1, -0.05) is 0 Å². The van der Waals surface area contributed by atoms with E-state index in [1.807, 2.05) is 12.4 Å². The van der Waals surface area contributed by atoms with E-state index in [-0.39, 0.29) is 0 Å². The molecular weight excluding hydrogens is 192 g/mol. The topological polar surface area (TPSA) is 63.2 Å². The molecule has 1 saturated heterocycles. The first-order chi connectivity index (χ1) is 7.33. The highest BCUT2D eigenvalue weighted by atomic mass is 15.6. The summed E-state index contributed by atoms with van der Waals surface area (Å²) in [7, 11) is 0. The smallest absolute Gasteiger partial charge is 0.152 e. The maximum absolute atomic E-state index is 5.88. The average molecular weight is 206 g/mol. The fraction of sp³-hybridized carbons (Fsp3) is 0.556. The van der Waals surface area contributed by atoms with E-state index in [4.69, 9.17) is 5.73 Å². The molecule has 0 bridgehead atoms. The highest BCUT2D eigenvalue weighted by Gasteiger charge is 2.25. The lowest BCUT2D eigenvalue weighted by atomic mass is 10.3. The van der Waals surface area contributed by atoms with Gasteiger partial charge in [0, 0.05) is 31.5 Å². The molecule has 0 radical (unpaired) electrons. The molecule has 6 nitrogen and oxygen atoms in total. The van der Waals surface area contributed by atoms with E-state index in [0.717, 1.165) is 31.9 Å². The molecule has 1 aromatic rings.